The number of hydrogen-bond acceptors (Lipinski definition) is 8. The number of carbonyl (C=O) groups is 3. The molecule has 9 nitrogen and oxygen atoms in total. The van der Waals surface area contributed by atoms with Crippen LogP contribution in [0.5, 0.6) is 0 Å². The molecule has 2 atom stereocenters. The van der Waals surface area contributed by atoms with Crippen LogP contribution in [0.1, 0.15) is 52.0 Å². The molecule has 0 aromatic carbocycles. The molecule has 190 valence electrons. The minimum Gasteiger partial charge on any atom is -0.366 e. The molecule has 2 saturated heterocycles. The molecule has 0 radical (unpaired) electrons. The lowest BCUT2D eigenvalue weighted by molar-refractivity contribution is -0.143. The fourth-order valence-electron chi connectivity index (χ4n) is 5.85. The Labute approximate surface area is 223 Å². The number of hydrogen-bond donors (Lipinski definition) is 2. The van der Waals surface area contributed by atoms with Crippen LogP contribution in [0, 0.1) is 35.5 Å². The number of rotatable bonds is 5. The van der Waals surface area contributed by atoms with Crippen molar-refractivity contribution in [1.29, 1.82) is 5.26 Å². The number of pyridine rings is 2. The lowest BCUT2D eigenvalue weighted by Crippen LogP contribution is -2.41. The molecule has 6 rings (SSSR count). The van der Waals surface area contributed by atoms with Gasteiger partial charge in [-0.3, -0.25) is 24.3 Å². The summed E-state index contributed by atoms with van der Waals surface area (Å²) in [6, 6.07) is 5.91. The SMILES string of the molecule is Cc1nc(C#N)c(C2CNC2)c(-c2ccnc3cc(CN4C(=O)C5C(C4=O)C5(C)C)sc23)c1C(N)=O.Cl. The van der Waals surface area contributed by atoms with Crippen LogP contribution < -0.4 is 11.1 Å². The van der Waals surface area contributed by atoms with Crippen molar-refractivity contribution in [2.75, 3.05) is 13.1 Å². The van der Waals surface area contributed by atoms with E-state index in [9.17, 15) is 19.6 Å². The summed E-state index contributed by atoms with van der Waals surface area (Å²) in [5.74, 6) is -1.26. The van der Waals surface area contributed by atoms with E-state index < -0.39 is 5.91 Å². The van der Waals surface area contributed by atoms with E-state index in [0.29, 0.717) is 41.0 Å². The summed E-state index contributed by atoms with van der Waals surface area (Å²) >= 11 is 1.43. The highest BCUT2D eigenvalue weighted by Crippen LogP contribution is 2.63. The van der Waals surface area contributed by atoms with E-state index in [-0.39, 0.29) is 59.6 Å². The topological polar surface area (TPSA) is 142 Å². The molecule has 1 saturated carbocycles. The smallest absolute Gasteiger partial charge is 0.251 e. The number of nitriles is 1. The minimum atomic E-state index is -0.607. The fraction of sp³-hybridized carbons (Fsp3) is 0.385. The largest absolute Gasteiger partial charge is 0.366 e. The lowest BCUT2D eigenvalue weighted by Gasteiger charge is -2.31. The standard InChI is InChI=1S/C26H24N6O3S.ClH/c1-11-17(23(28)33)19(18(12-8-29-9-12)16(7-27)31-11)14-4-5-30-15-6-13(36-22(14)15)10-32-24(34)20-21(25(32)35)26(20,2)3;/h4-6,12,20-21,29H,8-10H2,1-3H3,(H2,28,33);1H. The highest BCUT2D eigenvalue weighted by molar-refractivity contribution is 7.19. The first-order chi connectivity index (χ1) is 17.1. The number of fused-ring (bicyclic) bond motifs is 2. The van der Waals surface area contributed by atoms with Crippen LogP contribution in [0.2, 0.25) is 0 Å². The van der Waals surface area contributed by atoms with E-state index in [2.05, 4.69) is 21.4 Å². The van der Waals surface area contributed by atoms with Gasteiger partial charge in [0.05, 0.1) is 39.9 Å². The number of aromatic nitrogens is 2. The predicted octanol–water partition coefficient (Wildman–Crippen LogP) is 2.89. The fourth-order valence-corrected chi connectivity index (χ4v) is 6.98. The van der Waals surface area contributed by atoms with Crippen molar-refractivity contribution in [3.63, 3.8) is 0 Å². The number of amides is 3. The second kappa shape index (κ2) is 8.58. The second-order valence-electron chi connectivity index (χ2n) is 10.4. The first kappa shape index (κ1) is 25.3. The van der Waals surface area contributed by atoms with Crippen LogP contribution in [0.3, 0.4) is 0 Å². The van der Waals surface area contributed by atoms with Gasteiger partial charge >= 0.3 is 0 Å². The quantitative estimate of drug-likeness (QED) is 0.477. The van der Waals surface area contributed by atoms with E-state index >= 15 is 0 Å². The van der Waals surface area contributed by atoms with Crippen LogP contribution in [0.25, 0.3) is 21.3 Å². The highest BCUT2D eigenvalue weighted by Gasteiger charge is 2.72. The zero-order chi connectivity index (χ0) is 25.5. The summed E-state index contributed by atoms with van der Waals surface area (Å²) in [4.78, 5) is 49.5. The molecule has 0 spiro atoms. The van der Waals surface area contributed by atoms with E-state index in [1.54, 1.807) is 13.1 Å². The average molecular weight is 537 g/mol. The number of imide groups is 1. The van der Waals surface area contributed by atoms with Crippen molar-refractivity contribution in [1.82, 2.24) is 20.2 Å². The van der Waals surface area contributed by atoms with Gasteiger partial charge in [-0.05, 0) is 24.5 Å². The Morgan fingerprint density at radius 1 is 1.30 bits per heavy atom. The Morgan fingerprint density at radius 2 is 1.97 bits per heavy atom. The van der Waals surface area contributed by atoms with Gasteiger partial charge in [-0.2, -0.15) is 5.26 Å². The Hall–Kier alpha value is -3.39. The van der Waals surface area contributed by atoms with Crippen molar-refractivity contribution in [2.24, 2.45) is 23.0 Å². The van der Waals surface area contributed by atoms with Gasteiger partial charge in [-0.1, -0.05) is 13.8 Å². The van der Waals surface area contributed by atoms with Crippen LogP contribution in [-0.2, 0) is 16.1 Å². The van der Waals surface area contributed by atoms with Gasteiger partial charge in [-0.25, -0.2) is 4.98 Å². The molecule has 0 bridgehead atoms. The van der Waals surface area contributed by atoms with Crippen molar-refractivity contribution in [3.05, 3.63) is 45.7 Å². The molecule has 3 N–H and O–H groups in total. The van der Waals surface area contributed by atoms with E-state index in [1.807, 2.05) is 26.0 Å². The maximum absolute atomic E-state index is 12.9. The Morgan fingerprint density at radius 3 is 2.54 bits per heavy atom. The van der Waals surface area contributed by atoms with Crippen molar-refractivity contribution < 1.29 is 14.4 Å². The van der Waals surface area contributed by atoms with Crippen LogP contribution in [0.4, 0.5) is 0 Å². The number of piperidine rings is 1. The van der Waals surface area contributed by atoms with Crippen LogP contribution in [-0.4, -0.2) is 45.7 Å². The average Bonchev–Trinajstić information content (AvgIpc) is 3.04. The molecule has 37 heavy (non-hydrogen) atoms. The van der Waals surface area contributed by atoms with E-state index in [0.717, 1.165) is 15.1 Å². The number of likely N-dealkylation sites (tertiary alicyclic amines) is 1. The normalized spacial score (nSPS) is 21.8. The van der Waals surface area contributed by atoms with Crippen molar-refractivity contribution in [2.45, 2.75) is 33.2 Å². The van der Waals surface area contributed by atoms with Crippen molar-refractivity contribution >= 4 is 51.7 Å². The molecule has 3 aromatic heterocycles. The summed E-state index contributed by atoms with van der Waals surface area (Å²) in [6.07, 6.45) is 1.66. The van der Waals surface area contributed by atoms with E-state index in [4.69, 9.17) is 5.73 Å². The molecule has 2 unspecified atom stereocenters. The van der Waals surface area contributed by atoms with Crippen LogP contribution >= 0.6 is 23.7 Å². The van der Waals surface area contributed by atoms with Gasteiger partial charge in [0.2, 0.25) is 11.8 Å². The Balaban J connectivity index is 0.00000280. The third-order valence-corrected chi connectivity index (χ3v) is 9.04. The monoisotopic (exact) mass is 536 g/mol. The number of halogens is 1. The van der Waals surface area contributed by atoms with Gasteiger partial charge in [0.15, 0.2) is 0 Å². The molecular formula is C26H25ClN6O3S. The maximum Gasteiger partial charge on any atom is 0.251 e. The number of nitrogens with zero attached hydrogens (tertiary/aromatic N) is 4. The third-order valence-electron chi connectivity index (χ3n) is 7.90. The molecular weight excluding hydrogens is 512 g/mol. The molecule has 2 aliphatic heterocycles. The maximum atomic E-state index is 12.9. The number of carbonyl (C=O) groups excluding carboxylic acids is 3. The van der Waals surface area contributed by atoms with Gasteiger partial charge in [-0.15, -0.1) is 23.7 Å². The Bertz CT molecular complexity index is 1530. The Kier molecular flexibility index (Phi) is 5.86. The highest BCUT2D eigenvalue weighted by atomic mass is 35.5. The van der Waals surface area contributed by atoms with Crippen molar-refractivity contribution in [3.8, 4) is 17.2 Å². The molecule has 3 aromatic rings. The van der Waals surface area contributed by atoms with Crippen LogP contribution in [0.15, 0.2) is 18.3 Å². The summed E-state index contributed by atoms with van der Waals surface area (Å²) in [7, 11) is 0. The minimum absolute atomic E-state index is 0. The van der Waals surface area contributed by atoms with Gasteiger partial charge in [0, 0.05) is 46.8 Å². The zero-order valence-corrected chi connectivity index (χ0v) is 22.1. The van der Waals surface area contributed by atoms with Gasteiger partial charge in [0.25, 0.3) is 5.91 Å². The number of nitrogens with two attached hydrogens (primary N) is 1. The first-order valence-electron chi connectivity index (χ1n) is 11.8. The predicted molar refractivity (Wildman–Crippen MR) is 140 cm³/mol. The number of nitrogens with one attached hydrogen (secondary N) is 1. The molecule has 3 amide bonds. The third kappa shape index (κ3) is 3.56. The van der Waals surface area contributed by atoms with Gasteiger partial charge < -0.3 is 11.1 Å². The lowest BCUT2D eigenvalue weighted by atomic mass is 9.83. The number of primary amides is 1. The molecule has 1 aliphatic carbocycles. The summed E-state index contributed by atoms with van der Waals surface area (Å²) < 4.78 is 0.808. The summed E-state index contributed by atoms with van der Waals surface area (Å²) in [5.41, 5.74) is 9.34. The van der Waals surface area contributed by atoms with Gasteiger partial charge in [0.1, 0.15) is 11.8 Å². The summed E-state index contributed by atoms with van der Waals surface area (Å²) in [6.45, 7) is 7.15. The number of thiophene rings is 1. The zero-order valence-electron chi connectivity index (χ0n) is 20.5. The molecule has 3 aliphatic rings. The molecule has 5 heterocycles. The molecule has 11 heteroatoms. The summed E-state index contributed by atoms with van der Waals surface area (Å²) in [5, 5.41) is 13.1. The van der Waals surface area contributed by atoms with E-state index in [1.165, 1.54) is 16.2 Å². The second-order valence-corrected chi connectivity index (χ2v) is 11.5. The first-order valence-corrected chi connectivity index (χ1v) is 12.6. The number of aryl methyl sites for hydroxylation is 1. The molecule has 3 fully saturated rings.